The van der Waals surface area contributed by atoms with Crippen LogP contribution in [-0.2, 0) is 23.6 Å². The second kappa shape index (κ2) is 12.0. The van der Waals surface area contributed by atoms with Gasteiger partial charge in [0, 0.05) is 31.5 Å². The van der Waals surface area contributed by atoms with Crippen molar-refractivity contribution in [3.63, 3.8) is 0 Å². The minimum atomic E-state index is -5.05. The molecule has 0 spiro atoms. The number of amides is 1. The van der Waals surface area contributed by atoms with Gasteiger partial charge >= 0.3 is 12.4 Å². The van der Waals surface area contributed by atoms with E-state index in [0.717, 1.165) is 12.2 Å². The summed E-state index contributed by atoms with van der Waals surface area (Å²) in [5.41, 5.74) is -3.42. The molecule has 8 nitrogen and oxygen atoms in total. The van der Waals surface area contributed by atoms with E-state index in [4.69, 9.17) is 4.74 Å². The lowest BCUT2D eigenvalue weighted by Gasteiger charge is -2.14. The molecule has 2 heterocycles. The van der Waals surface area contributed by atoms with E-state index in [-0.39, 0.29) is 19.2 Å². The van der Waals surface area contributed by atoms with Crippen LogP contribution in [0.4, 0.5) is 32.2 Å². The summed E-state index contributed by atoms with van der Waals surface area (Å²) in [7, 11) is 1.56. The lowest BCUT2D eigenvalue weighted by molar-refractivity contribution is -0.143. The first-order valence-electron chi connectivity index (χ1n) is 11.1. The first-order chi connectivity index (χ1) is 17.4. The summed E-state index contributed by atoms with van der Waals surface area (Å²) in [6.45, 7) is 2.87. The Bertz CT molecular complexity index is 1200. The number of aromatic nitrogens is 4. The highest BCUT2D eigenvalue weighted by Gasteiger charge is 2.37. The second-order valence-corrected chi connectivity index (χ2v) is 8.84. The molecule has 0 atom stereocenters. The van der Waals surface area contributed by atoms with Crippen molar-refractivity contribution < 1.29 is 35.9 Å². The molecule has 3 aromatic rings. The van der Waals surface area contributed by atoms with Gasteiger partial charge in [0.25, 0.3) is 5.91 Å². The molecule has 15 heteroatoms. The second-order valence-electron chi connectivity index (χ2n) is 7.78. The summed E-state index contributed by atoms with van der Waals surface area (Å²) in [6.07, 6.45) is -7.67. The van der Waals surface area contributed by atoms with Crippen LogP contribution in [0.1, 0.15) is 34.8 Å². The van der Waals surface area contributed by atoms with Crippen molar-refractivity contribution in [3.8, 4) is 0 Å². The Kier molecular flexibility index (Phi) is 9.23. The number of nitrogens with one attached hydrogen (secondary N) is 2. The number of hydrogen-bond acceptors (Lipinski definition) is 7. The number of methoxy groups -OCH3 is 1. The van der Waals surface area contributed by atoms with Gasteiger partial charge < -0.3 is 15.4 Å². The van der Waals surface area contributed by atoms with Crippen LogP contribution in [0.2, 0.25) is 0 Å². The summed E-state index contributed by atoms with van der Waals surface area (Å²) in [6, 6.07) is 0.741. The SMILES string of the molecule is CCCSc1nc(NCCOC)c2cnn(CCNC(=O)c3cc(C(F)(F)F)cc(C(F)(F)F)c3)c2n1. The van der Waals surface area contributed by atoms with Gasteiger partial charge in [-0.2, -0.15) is 31.4 Å². The van der Waals surface area contributed by atoms with Gasteiger partial charge in [0.2, 0.25) is 0 Å². The maximum Gasteiger partial charge on any atom is 0.416 e. The predicted octanol–water partition coefficient (Wildman–Crippen LogP) is 4.85. The molecule has 0 aliphatic heterocycles. The van der Waals surface area contributed by atoms with Crippen molar-refractivity contribution in [2.45, 2.75) is 37.4 Å². The maximum absolute atomic E-state index is 13.1. The summed E-state index contributed by atoms with van der Waals surface area (Å²) in [5, 5.41) is 10.9. The highest BCUT2D eigenvalue weighted by atomic mass is 32.2. The van der Waals surface area contributed by atoms with Crippen LogP contribution in [0.15, 0.2) is 29.6 Å². The standard InChI is InChI=1S/C22H24F6N6O2S/c1-3-8-37-20-32-17(29-5-7-36-2)16-12-31-34(18(16)33-20)6-4-30-19(35)13-9-14(21(23,24)25)11-15(10-13)22(26,27)28/h9-12H,3-8H2,1-2H3,(H,30,35)(H,29,32,33). The number of hydrogen-bond donors (Lipinski definition) is 2. The zero-order valence-corrected chi connectivity index (χ0v) is 20.6. The molecule has 1 amide bonds. The molecule has 0 aliphatic rings. The van der Waals surface area contributed by atoms with Crippen LogP contribution in [0.25, 0.3) is 11.0 Å². The van der Waals surface area contributed by atoms with Crippen LogP contribution in [-0.4, -0.2) is 58.2 Å². The number of alkyl halides is 6. The van der Waals surface area contributed by atoms with E-state index >= 15 is 0 Å². The highest BCUT2D eigenvalue weighted by molar-refractivity contribution is 7.99. The summed E-state index contributed by atoms with van der Waals surface area (Å²) in [5.74, 6) is 0.243. The molecule has 2 aromatic heterocycles. The summed E-state index contributed by atoms with van der Waals surface area (Å²) < 4.78 is 85.1. The Morgan fingerprint density at radius 2 is 1.73 bits per heavy atom. The molecule has 0 bridgehead atoms. The molecular formula is C22H24F6N6O2S. The van der Waals surface area contributed by atoms with Crippen LogP contribution in [0.5, 0.6) is 0 Å². The molecule has 0 aliphatic carbocycles. The van der Waals surface area contributed by atoms with Gasteiger partial charge in [0.15, 0.2) is 10.8 Å². The fraction of sp³-hybridized carbons (Fsp3) is 0.455. The minimum absolute atomic E-state index is 0.0290. The zero-order valence-electron chi connectivity index (χ0n) is 19.8. The summed E-state index contributed by atoms with van der Waals surface area (Å²) >= 11 is 1.45. The Morgan fingerprint density at radius 1 is 1.05 bits per heavy atom. The topological polar surface area (TPSA) is 94.0 Å². The Labute approximate surface area is 212 Å². The van der Waals surface area contributed by atoms with E-state index in [1.54, 1.807) is 7.11 Å². The number of halogens is 6. The largest absolute Gasteiger partial charge is 0.416 e. The number of carbonyl (C=O) groups is 1. The minimum Gasteiger partial charge on any atom is -0.383 e. The zero-order chi connectivity index (χ0) is 27.2. The van der Waals surface area contributed by atoms with Gasteiger partial charge in [0.1, 0.15) is 5.82 Å². The molecule has 1 aromatic carbocycles. The smallest absolute Gasteiger partial charge is 0.383 e. The monoisotopic (exact) mass is 550 g/mol. The molecule has 3 rings (SSSR count). The third-order valence-electron chi connectivity index (χ3n) is 4.97. The summed E-state index contributed by atoms with van der Waals surface area (Å²) in [4.78, 5) is 21.5. The van der Waals surface area contributed by atoms with Crippen LogP contribution in [0.3, 0.4) is 0 Å². The van der Waals surface area contributed by atoms with E-state index in [1.807, 2.05) is 6.92 Å². The van der Waals surface area contributed by atoms with Crippen LogP contribution >= 0.6 is 11.8 Å². The van der Waals surface area contributed by atoms with E-state index in [0.29, 0.717) is 47.3 Å². The number of nitrogens with zero attached hydrogens (tertiary/aromatic N) is 4. The Balaban J connectivity index is 1.79. The van der Waals surface area contributed by atoms with Crippen LogP contribution in [0, 0.1) is 0 Å². The van der Waals surface area contributed by atoms with Gasteiger partial charge in [-0.3, -0.25) is 4.79 Å². The number of fused-ring (bicyclic) bond motifs is 1. The predicted molar refractivity (Wildman–Crippen MR) is 125 cm³/mol. The molecule has 37 heavy (non-hydrogen) atoms. The Morgan fingerprint density at radius 3 is 2.32 bits per heavy atom. The molecule has 0 unspecified atom stereocenters. The molecule has 0 saturated carbocycles. The lowest BCUT2D eigenvalue weighted by atomic mass is 10.0. The number of anilines is 1. The number of thioether (sulfide) groups is 1. The van der Waals surface area contributed by atoms with E-state index < -0.39 is 35.0 Å². The van der Waals surface area contributed by atoms with Crippen molar-refractivity contribution in [1.29, 1.82) is 0 Å². The normalized spacial score (nSPS) is 12.2. The lowest BCUT2D eigenvalue weighted by Crippen LogP contribution is -2.28. The first-order valence-corrected chi connectivity index (χ1v) is 12.1. The van der Waals surface area contributed by atoms with E-state index in [1.165, 1.54) is 22.6 Å². The molecule has 202 valence electrons. The fourth-order valence-electron chi connectivity index (χ4n) is 3.23. The average Bonchev–Trinajstić information content (AvgIpc) is 3.24. The van der Waals surface area contributed by atoms with E-state index in [2.05, 4.69) is 25.7 Å². The van der Waals surface area contributed by atoms with Crippen LogP contribution < -0.4 is 10.6 Å². The molecule has 0 radical (unpaired) electrons. The number of rotatable bonds is 11. The third kappa shape index (κ3) is 7.47. The third-order valence-corrected chi connectivity index (χ3v) is 6.02. The van der Waals surface area contributed by atoms with Gasteiger partial charge in [-0.25, -0.2) is 14.6 Å². The van der Waals surface area contributed by atoms with Crippen molar-refractivity contribution in [1.82, 2.24) is 25.1 Å². The maximum atomic E-state index is 13.1. The average molecular weight is 551 g/mol. The number of benzene rings is 1. The van der Waals surface area contributed by atoms with Gasteiger partial charge in [-0.05, 0) is 24.6 Å². The van der Waals surface area contributed by atoms with Crippen molar-refractivity contribution >= 4 is 34.5 Å². The molecule has 0 fully saturated rings. The highest BCUT2D eigenvalue weighted by Crippen LogP contribution is 2.36. The quantitative estimate of drug-likeness (QED) is 0.153. The molecule has 2 N–H and O–H groups in total. The number of carbonyl (C=O) groups excluding carboxylic acids is 1. The van der Waals surface area contributed by atoms with Gasteiger partial charge in [0.05, 0.1) is 35.9 Å². The van der Waals surface area contributed by atoms with Crippen molar-refractivity contribution in [2.24, 2.45) is 0 Å². The fourth-order valence-corrected chi connectivity index (χ4v) is 3.92. The van der Waals surface area contributed by atoms with Crippen molar-refractivity contribution in [2.75, 3.05) is 37.9 Å². The first kappa shape index (κ1) is 28.5. The Hall–Kier alpha value is -3.07. The molecular weight excluding hydrogens is 526 g/mol. The van der Waals surface area contributed by atoms with E-state index in [9.17, 15) is 31.1 Å². The van der Waals surface area contributed by atoms with Gasteiger partial charge in [-0.15, -0.1) is 0 Å². The molecule has 0 saturated heterocycles. The number of ether oxygens (including phenoxy) is 1. The van der Waals surface area contributed by atoms with Crippen molar-refractivity contribution in [3.05, 3.63) is 41.1 Å². The van der Waals surface area contributed by atoms with Gasteiger partial charge in [-0.1, -0.05) is 18.7 Å².